The van der Waals surface area contributed by atoms with Crippen molar-refractivity contribution in [3.05, 3.63) is 76.1 Å². The zero-order valence-electron chi connectivity index (χ0n) is 18.9. The molecular weight excluding hydrogens is 390 g/mol. The summed E-state index contributed by atoms with van der Waals surface area (Å²) in [5.41, 5.74) is 6.66. The van der Waals surface area contributed by atoms with Gasteiger partial charge in [0.2, 0.25) is 5.96 Å². The molecular formula is C24H29N5O2. The van der Waals surface area contributed by atoms with Crippen molar-refractivity contribution >= 4 is 17.6 Å². The maximum Gasteiger partial charge on any atom is 0.257 e. The van der Waals surface area contributed by atoms with Crippen LogP contribution in [0.1, 0.15) is 38.4 Å². The number of rotatable bonds is 5. The van der Waals surface area contributed by atoms with Crippen LogP contribution < -0.4 is 15.4 Å². The number of carbonyl (C=O) groups excluding carboxylic acids is 1. The Morgan fingerprint density at radius 1 is 1.06 bits per heavy atom. The topological polar surface area (TPSA) is 80.5 Å². The first-order valence-electron chi connectivity index (χ1n) is 10.1. The summed E-state index contributed by atoms with van der Waals surface area (Å²) in [7, 11) is 3.51. The highest BCUT2D eigenvalue weighted by atomic mass is 16.5. The van der Waals surface area contributed by atoms with Gasteiger partial charge in [0.25, 0.3) is 5.91 Å². The van der Waals surface area contributed by atoms with Crippen molar-refractivity contribution in [2.24, 2.45) is 12.0 Å². The van der Waals surface area contributed by atoms with Crippen LogP contribution in [-0.4, -0.2) is 28.8 Å². The largest absolute Gasteiger partial charge is 0.497 e. The predicted molar refractivity (Wildman–Crippen MR) is 124 cm³/mol. The number of ether oxygens (including phenoxy) is 1. The molecule has 0 aliphatic heterocycles. The molecule has 31 heavy (non-hydrogen) atoms. The zero-order valence-corrected chi connectivity index (χ0v) is 18.9. The number of methoxy groups -OCH3 is 1. The van der Waals surface area contributed by atoms with Gasteiger partial charge in [-0.05, 0) is 75.2 Å². The number of aryl methyl sites for hydroxylation is 4. The average Bonchev–Trinajstić information content (AvgIpc) is 2.96. The number of nitrogens with zero attached hydrogens (tertiary/aromatic N) is 3. The van der Waals surface area contributed by atoms with E-state index in [0.717, 1.165) is 33.8 Å². The van der Waals surface area contributed by atoms with Crippen molar-refractivity contribution in [2.45, 2.75) is 34.2 Å². The number of anilines is 1. The van der Waals surface area contributed by atoms with Gasteiger partial charge < -0.3 is 10.1 Å². The second kappa shape index (κ2) is 9.47. The van der Waals surface area contributed by atoms with Gasteiger partial charge in [0.05, 0.1) is 19.3 Å². The fourth-order valence-corrected chi connectivity index (χ4v) is 3.42. The standard InChI is InChI=1S/C24H29N5O2/c1-15-11-16(2)13-20(12-15)26-24(25-14-22-17(3)28-29(5)18(22)4)27-23(30)19-7-9-21(31-6)10-8-19/h7-13H,14H2,1-6H3,(H2,25,26,27,30). The molecule has 0 unspecified atom stereocenters. The maximum atomic E-state index is 12.8. The summed E-state index contributed by atoms with van der Waals surface area (Å²) in [4.78, 5) is 17.5. The molecule has 2 N–H and O–H groups in total. The number of hydrogen-bond acceptors (Lipinski definition) is 4. The number of hydrogen-bond donors (Lipinski definition) is 2. The van der Waals surface area contributed by atoms with E-state index in [4.69, 9.17) is 4.74 Å². The summed E-state index contributed by atoms with van der Waals surface area (Å²) in [6, 6.07) is 13.1. The number of nitrogens with one attached hydrogen (secondary N) is 2. The van der Waals surface area contributed by atoms with Gasteiger partial charge in [-0.3, -0.25) is 14.8 Å². The first-order valence-corrected chi connectivity index (χ1v) is 10.1. The summed E-state index contributed by atoms with van der Waals surface area (Å²) in [6.45, 7) is 8.45. The van der Waals surface area contributed by atoms with E-state index in [1.807, 2.05) is 51.6 Å². The highest BCUT2D eigenvalue weighted by molar-refractivity contribution is 6.10. The van der Waals surface area contributed by atoms with Crippen LogP contribution in [0.2, 0.25) is 0 Å². The van der Waals surface area contributed by atoms with Gasteiger partial charge in [-0.25, -0.2) is 4.99 Å². The Morgan fingerprint density at radius 3 is 2.26 bits per heavy atom. The van der Waals surface area contributed by atoms with Crippen molar-refractivity contribution in [3.8, 4) is 5.75 Å². The summed E-state index contributed by atoms with van der Waals surface area (Å²) in [5.74, 6) is 0.827. The molecule has 3 aromatic rings. The summed E-state index contributed by atoms with van der Waals surface area (Å²) in [6.07, 6.45) is 0. The molecule has 1 aromatic heterocycles. The molecule has 0 fully saturated rings. The summed E-state index contributed by atoms with van der Waals surface area (Å²) < 4.78 is 7.01. The molecule has 2 aromatic carbocycles. The molecule has 0 spiro atoms. The molecule has 1 amide bonds. The molecule has 7 nitrogen and oxygen atoms in total. The van der Waals surface area contributed by atoms with Crippen LogP contribution in [0.25, 0.3) is 0 Å². The second-order valence-corrected chi connectivity index (χ2v) is 7.62. The molecule has 7 heteroatoms. The van der Waals surface area contributed by atoms with Crippen LogP contribution in [0.4, 0.5) is 5.69 Å². The lowest BCUT2D eigenvalue weighted by molar-refractivity contribution is 0.0977. The number of aliphatic imine (C=N–C) groups is 1. The third-order valence-electron chi connectivity index (χ3n) is 5.12. The van der Waals surface area contributed by atoms with Crippen molar-refractivity contribution in [1.82, 2.24) is 15.1 Å². The predicted octanol–water partition coefficient (Wildman–Crippen LogP) is 4.06. The Balaban J connectivity index is 1.87. The minimum Gasteiger partial charge on any atom is -0.497 e. The minimum atomic E-state index is -0.252. The lowest BCUT2D eigenvalue weighted by Crippen LogP contribution is -2.36. The van der Waals surface area contributed by atoms with Crippen molar-refractivity contribution < 1.29 is 9.53 Å². The molecule has 0 saturated carbocycles. The van der Waals surface area contributed by atoms with Crippen LogP contribution in [0.3, 0.4) is 0 Å². The van der Waals surface area contributed by atoms with Gasteiger partial charge in [-0.2, -0.15) is 5.10 Å². The van der Waals surface area contributed by atoms with Gasteiger partial charge in [0, 0.05) is 29.6 Å². The second-order valence-electron chi connectivity index (χ2n) is 7.62. The normalized spacial score (nSPS) is 11.4. The van der Waals surface area contributed by atoms with Crippen LogP contribution in [0.15, 0.2) is 47.5 Å². The van der Waals surface area contributed by atoms with Gasteiger partial charge in [-0.15, -0.1) is 0 Å². The molecule has 0 radical (unpaired) electrons. The monoisotopic (exact) mass is 419 g/mol. The first-order chi connectivity index (χ1) is 14.8. The van der Waals surface area contributed by atoms with E-state index in [9.17, 15) is 4.79 Å². The van der Waals surface area contributed by atoms with E-state index in [2.05, 4.69) is 26.8 Å². The molecule has 0 saturated heterocycles. The maximum absolute atomic E-state index is 12.8. The van der Waals surface area contributed by atoms with E-state index >= 15 is 0 Å². The fourth-order valence-electron chi connectivity index (χ4n) is 3.42. The number of guanidine groups is 1. The van der Waals surface area contributed by atoms with E-state index in [1.54, 1.807) is 31.4 Å². The molecule has 1 heterocycles. The van der Waals surface area contributed by atoms with Gasteiger partial charge in [0.15, 0.2) is 0 Å². The number of carbonyl (C=O) groups is 1. The molecule has 0 aliphatic carbocycles. The molecule has 0 aliphatic rings. The lowest BCUT2D eigenvalue weighted by atomic mass is 10.1. The third kappa shape index (κ3) is 5.51. The summed E-state index contributed by atoms with van der Waals surface area (Å²) in [5, 5.41) is 10.6. The van der Waals surface area contributed by atoms with Crippen molar-refractivity contribution in [3.63, 3.8) is 0 Å². The number of benzene rings is 2. The van der Waals surface area contributed by atoms with E-state index in [1.165, 1.54) is 0 Å². The van der Waals surface area contributed by atoms with Crippen LogP contribution in [-0.2, 0) is 13.6 Å². The quantitative estimate of drug-likeness (QED) is 0.483. The van der Waals surface area contributed by atoms with Crippen LogP contribution in [0.5, 0.6) is 5.75 Å². The fraction of sp³-hybridized carbons (Fsp3) is 0.292. The number of aromatic nitrogens is 2. The molecule has 162 valence electrons. The summed E-state index contributed by atoms with van der Waals surface area (Å²) >= 11 is 0. The van der Waals surface area contributed by atoms with Crippen molar-refractivity contribution in [1.29, 1.82) is 0 Å². The van der Waals surface area contributed by atoms with Gasteiger partial charge in [-0.1, -0.05) is 6.07 Å². The van der Waals surface area contributed by atoms with Crippen molar-refractivity contribution in [2.75, 3.05) is 12.4 Å². The smallest absolute Gasteiger partial charge is 0.257 e. The Bertz CT molecular complexity index is 1090. The van der Waals surface area contributed by atoms with Gasteiger partial charge in [0.1, 0.15) is 5.75 Å². The Labute approximate surface area is 183 Å². The minimum absolute atomic E-state index is 0.252. The third-order valence-corrected chi connectivity index (χ3v) is 5.12. The van der Waals surface area contributed by atoms with E-state index < -0.39 is 0 Å². The average molecular weight is 420 g/mol. The van der Waals surface area contributed by atoms with E-state index in [-0.39, 0.29) is 5.91 Å². The highest BCUT2D eigenvalue weighted by Gasteiger charge is 2.13. The SMILES string of the molecule is COc1ccc(C(=O)NC(=NCc2c(C)nn(C)c2C)Nc2cc(C)cc(C)c2)cc1. The molecule has 0 atom stereocenters. The van der Waals surface area contributed by atoms with Crippen LogP contribution >= 0.6 is 0 Å². The highest BCUT2D eigenvalue weighted by Crippen LogP contribution is 2.16. The Hall–Kier alpha value is -3.61. The first kappa shape index (κ1) is 22.1. The lowest BCUT2D eigenvalue weighted by Gasteiger charge is -2.13. The van der Waals surface area contributed by atoms with E-state index in [0.29, 0.717) is 23.8 Å². The number of amides is 1. The zero-order chi connectivity index (χ0) is 22.5. The molecule has 0 bridgehead atoms. The molecule has 3 rings (SSSR count). The Morgan fingerprint density at radius 2 is 1.71 bits per heavy atom. The Kier molecular flexibility index (Phi) is 6.74. The van der Waals surface area contributed by atoms with Gasteiger partial charge >= 0.3 is 0 Å². The van der Waals surface area contributed by atoms with Crippen LogP contribution in [0, 0.1) is 27.7 Å².